The lowest BCUT2D eigenvalue weighted by Crippen LogP contribution is -1.93. The second-order valence-corrected chi connectivity index (χ2v) is 6.11. The van der Waals surface area contributed by atoms with Gasteiger partial charge in [-0.25, -0.2) is 4.98 Å². The van der Waals surface area contributed by atoms with Crippen molar-refractivity contribution in [1.29, 1.82) is 0 Å². The van der Waals surface area contributed by atoms with Crippen molar-refractivity contribution in [2.45, 2.75) is 19.9 Å². The summed E-state index contributed by atoms with van der Waals surface area (Å²) in [5.74, 6) is 0.873. The summed E-state index contributed by atoms with van der Waals surface area (Å²) in [7, 11) is 0. The lowest BCUT2D eigenvalue weighted by Gasteiger charge is -2.07. The second-order valence-electron chi connectivity index (χ2n) is 5.27. The first-order valence-electron chi connectivity index (χ1n) is 7.91. The fourth-order valence-electron chi connectivity index (χ4n) is 2.26. The van der Waals surface area contributed by atoms with E-state index in [1.165, 1.54) is 11.3 Å². The first-order valence-corrected chi connectivity index (χ1v) is 8.79. The van der Waals surface area contributed by atoms with E-state index in [0.29, 0.717) is 11.7 Å². The molecule has 0 N–H and O–H groups in total. The highest BCUT2D eigenvalue weighted by molar-refractivity contribution is 7.13. The molecule has 0 amide bonds. The topological polar surface area (TPSA) is 46.8 Å². The highest BCUT2D eigenvalue weighted by Crippen LogP contribution is 2.28. The van der Waals surface area contributed by atoms with E-state index in [-0.39, 0.29) is 6.04 Å². The summed E-state index contributed by atoms with van der Waals surface area (Å²) in [6.07, 6.45) is 0. The van der Waals surface area contributed by atoms with Gasteiger partial charge in [-0.1, -0.05) is 42.5 Å². The zero-order chi connectivity index (χ0) is 16.8. The number of aromatic nitrogens is 1. The molecule has 24 heavy (non-hydrogen) atoms. The summed E-state index contributed by atoms with van der Waals surface area (Å²) in [5.41, 5.74) is 3.13. The van der Waals surface area contributed by atoms with Gasteiger partial charge in [-0.2, -0.15) is 5.11 Å². The van der Waals surface area contributed by atoms with E-state index in [4.69, 9.17) is 4.74 Å². The Bertz CT molecular complexity index is 797. The van der Waals surface area contributed by atoms with E-state index in [9.17, 15) is 0 Å². The van der Waals surface area contributed by atoms with Crippen LogP contribution in [0, 0.1) is 0 Å². The van der Waals surface area contributed by atoms with E-state index in [2.05, 4.69) is 15.2 Å². The van der Waals surface area contributed by atoms with Crippen molar-refractivity contribution in [2.24, 2.45) is 10.2 Å². The minimum Gasteiger partial charge on any atom is -0.494 e. The maximum Gasteiger partial charge on any atom is 0.230 e. The first-order chi connectivity index (χ1) is 11.8. The van der Waals surface area contributed by atoms with Gasteiger partial charge in [-0.15, -0.1) is 16.5 Å². The molecule has 1 heterocycles. The van der Waals surface area contributed by atoms with Crippen LogP contribution in [-0.2, 0) is 0 Å². The number of hydrogen-bond acceptors (Lipinski definition) is 5. The average molecular weight is 337 g/mol. The van der Waals surface area contributed by atoms with E-state index < -0.39 is 0 Å². The van der Waals surface area contributed by atoms with E-state index in [1.54, 1.807) is 0 Å². The van der Waals surface area contributed by atoms with Crippen molar-refractivity contribution in [3.8, 4) is 17.0 Å². The summed E-state index contributed by atoms with van der Waals surface area (Å²) in [6.45, 7) is 4.66. The Labute approximate surface area is 145 Å². The largest absolute Gasteiger partial charge is 0.494 e. The fourth-order valence-corrected chi connectivity index (χ4v) is 2.91. The van der Waals surface area contributed by atoms with Crippen LogP contribution in [0.15, 0.2) is 70.2 Å². The first kappa shape index (κ1) is 16.3. The zero-order valence-electron chi connectivity index (χ0n) is 13.7. The molecule has 0 spiro atoms. The van der Waals surface area contributed by atoms with Crippen LogP contribution in [0.5, 0.6) is 5.75 Å². The molecule has 1 unspecified atom stereocenters. The summed E-state index contributed by atoms with van der Waals surface area (Å²) >= 11 is 1.50. The molecule has 4 nitrogen and oxygen atoms in total. The molecule has 122 valence electrons. The highest BCUT2D eigenvalue weighted by Gasteiger charge is 2.06. The quantitative estimate of drug-likeness (QED) is 0.514. The minimum atomic E-state index is -0.0234. The lowest BCUT2D eigenvalue weighted by atomic mass is 10.1. The van der Waals surface area contributed by atoms with E-state index in [0.717, 1.165) is 22.6 Å². The number of thiazole rings is 1. The molecule has 3 rings (SSSR count). The molecule has 0 saturated carbocycles. The predicted molar refractivity (Wildman–Crippen MR) is 98.1 cm³/mol. The third-order valence-corrected chi connectivity index (χ3v) is 4.28. The molecule has 0 radical (unpaired) electrons. The van der Waals surface area contributed by atoms with Crippen molar-refractivity contribution in [1.82, 2.24) is 4.98 Å². The summed E-state index contributed by atoms with van der Waals surface area (Å²) in [5, 5.41) is 11.3. The molecule has 5 heteroatoms. The van der Waals surface area contributed by atoms with Gasteiger partial charge in [0.2, 0.25) is 5.13 Å². The Morgan fingerprint density at radius 2 is 1.83 bits per heavy atom. The molecule has 0 aliphatic heterocycles. The molecule has 1 atom stereocenters. The van der Waals surface area contributed by atoms with E-state index >= 15 is 0 Å². The van der Waals surface area contributed by atoms with Crippen LogP contribution in [-0.4, -0.2) is 11.6 Å². The van der Waals surface area contributed by atoms with Gasteiger partial charge in [0.25, 0.3) is 0 Å². The van der Waals surface area contributed by atoms with Crippen LogP contribution < -0.4 is 4.74 Å². The smallest absolute Gasteiger partial charge is 0.230 e. The van der Waals surface area contributed by atoms with E-state index in [1.807, 2.05) is 73.8 Å². The molecule has 0 aliphatic carbocycles. The van der Waals surface area contributed by atoms with Gasteiger partial charge in [-0.05, 0) is 31.5 Å². The minimum absolute atomic E-state index is 0.0234. The molecule has 0 fully saturated rings. The SMILES string of the molecule is CCOc1ccc(C(C)N=Nc2nc(-c3ccccc3)cs2)cc1. The van der Waals surface area contributed by atoms with Crippen LogP contribution in [0.1, 0.15) is 25.5 Å². The molecular formula is C19H19N3OS. The van der Waals surface area contributed by atoms with Crippen molar-refractivity contribution in [3.63, 3.8) is 0 Å². The van der Waals surface area contributed by atoms with Gasteiger partial charge in [0.15, 0.2) is 0 Å². The van der Waals surface area contributed by atoms with Crippen LogP contribution in [0.2, 0.25) is 0 Å². The Hall–Kier alpha value is -2.53. The monoisotopic (exact) mass is 337 g/mol. The van der Waals surface area contributed by atoms with Gasteiger partial charge in [-0.3, -0.25) is 0 Å². The molecule has 0 saturated heterocycles. The fraction of sp³-hybridized carbons (Fsp3) is 0.211. The Morgan fingerprint density at radius 3 is 2.54 bits per heavy atom. The molecular weight excluding hydrogens is 318 g/mol. The molecule has 3 aromatic rings. The van der Waals surface area contributed by atoms with Gasteiger partial charge in [0.1, 0.15) is 5.75 Å². The van der Waals surface area contributed by atoms with Crippen LogP contribution in [0.4, 0.5) is 5.13 Å². The third kappa shape index (κ3) is 4.06. The Morgan fingerprint density at radius 1 is 1.08 bits per heavy atom. The van der Waals surface area contributed by atoms with Crippen molar-refractivity contribution in [2.75, 3.05) is 6.61 Å². The number of ether oxygens (including phenoxy) is 1. The van der Waals surface area contributed by atoms with Gasteiger partial charge < -0.3 is 4.74 Å². The predicted octanol–water partition coefficient (Wildman–Crippen LogP) is 6.05. The number of benzene rings is 2. The third-order valence-electron chi connectivity index (χ3n) is 3.55. The van der Waals surface area contributed by atoms with Crippen LogP contribution >= 0.6 is 11.3 Å². The van der Waals surface area contributed by atoms with Gasteiger partial charge in [0, 0.05) is 10.9 Å². The Kier molecular flexibility index (Phi) is 5.33. The number of rotatable bonds is 6. The standard InChI is InChI=1S/C19H19N3OS/c1-3-23-17-11-9-15(10-12-17)14(2)21-22-19-20-18(13-24-19)16-7-5-4-6-8-16/h4-14H,3H2,1-2H3. The Balaban J connectivity index is 1.68. The number of hydrogen-bond donors (Lipinski definition) is 0. The van der Waals surface area contributed by atoms with Gasteiger partial charge in [0.05, 0.1) is 18.3 Å². The molecule has 0 bridgehead atoms. The van der Waals surface area contributed by atoms with Crippen molar-refractivity contribution >= 4 is 16.5 Å². The average Bonchev–Trinajstić information content (AvgIpc) is 3.10. The number of nitrogens with zero attached hydrogens (tertiary/aromatic N) is 3. The highest BCUT2D eigenvalue weighted by atomic mass is 32.1. The summed E-state index contributed by atoms with van der Waals surface area (Å²) in [4.78, 5) is 4.52. The number of azo groups is 1. The zero-order valence-corrected chi connectivity index (χ0v) is 14.5. The molecule has 1 aromatic heterocycles. The van der Waals surface area contributed by atoms with Crippen LogP contribution in [0.3, 0.4) is 0 Å². The van der Waals surface area contributed by atoms with Crippen molar-refractivity contribution < 1.29 is 4.74 Å². The molecule has 0 aliphatic rings. The summed E-state index contributed by atoms with van der Waals surface area (Å²) < 4.78 is 5.45. The van der Waals surface area contributed by atoms with Gasteiger partial charge >= 0.3 is 0 Å². The maximum absolute atomic E-state index is 5.45. The van der Waals surface area contributed by atoms with Crippen LogP contribution in [0.25, 0.3) is 11.3 Å². The normalized spacial score (nSPS) is 12.4. The maximum atomic E-state index is 5.45. The lowest BCUT2D eigenvalue weighted by molar-refractivity contribution is 0.340. The summed E-state index contributed by atoms with van der Waals surface area (Å²) in [6, 6.07) is 18.0. The molecule has 2 aromatic carbocycles. The second kappa shape index (κ2) is 7.84. The van der Waals surface area contributed by atoms with Crippen molar-refractivity contribution in [3.05, 3.63) is 65.5 Å².